The maximum Gasteiger partial charge on any atom is 0.230 e. The molecule has 0 radical (unpaired) electrons. The quantitative estimate of drug-likeness (QED) is 0.790. The number of aryl methyl sites for hydroxylation is 1. The van der Waals surface area contributed by atoms with Gasteiger partial charge >= 0.3 is 0 Å². The number of nitrogens with zero attached hydrogens (tertiary/aromatic N) is 1. The molecule has 0 N–H and O–H groups in total. The Morgan fingerprint density at radius 3 is 2.61 bits per heavy atom. The second-order valence-corrected chi connectivity index (χ2v) is 5.26. The molecule has 0 spiro atoms. The highest BCUT2D eigenvalue weighted by Gasteiger charge is 2.25. The van der Waals surface area contributed by atoms with Gasteiger partial charge < -0.3 is 4.90 Å². The van der Waals surface area contributed by atoms with Gasteiger partial charge in [-0.25, -0.2) is 0 Å². The lowest BCUT2D eigenvalue weighted by Crippen LogP contribution is -2.37. The first kappa shape index (κ1) is 13.1. The third kappa shape index (κ3) is 2.92. The molecule has 1 amide bonds. The molecule has 1 aromatic rings. The Morgan fingerprint density at radius 2 is 2.00 bits per heavy atom. The van der Waals surface area contributed by atoms with E-state index in [1.54, 1.807) is 0 Å². The fraction of sp³-hybridized carbons (Fsp3) is 0.562. The highest BCUT2D eigenvalue weighted by atomic mass is 16.2. The summed E-state index contributed by atoms with van der Waals surface area (Å²) in [5, 5.41) is 0. The van der Waals surface area contributed by atoms with E-state index in [9.17, 15) is 4.79 Å². The maximum atomic E-state index is 12.6. The molecule has 0 bridgehead atoms. The molecule has 18 heavy (non-hydrogen) atoms. The normalized spacial score (nSPS) is 16.6. The van der Waals surface area contributed by atoms with Crippen molar-refractivity contribution < 1.29 is 4.79 Å². The van der Waals surface area contributed by atoms with Gasteiger partial charge in [0.2, 0.25) is 5.91 Å². The Labute approximate surface area is 110 Å². The fourth-order valence-corrected chi connectivity index (χ4v) is 2.83. The van der Waals surface area contributed by atoms with Crippen molar-refractivity contribution in [2.45, 2.75) is 46.0 Å². The van der Waals surface area contributed by atoms with Gasteiger partial charge in [-0.2, -0.15) is 0 Å². The molecule has 0 atom stereocenters. The highest BCUT2D eigenvalue weighted by molar-refractivity contribution is 5.95. The largest absolute Gasteiger partial charge is 0.312 e. The lowest BCUT2D eigenvalue weighted by atomic mass is 9.88. The van der Waals surface area contributed by atoms with Crippen molar-refractivity contribution in [1.82, 2.24) is 0 Å². The lowest BCUT2D eigenvalue weighted by molar-refractivity contribution is -0.123. The Bertz CT molecular complexity index is 407. The van der Waals surface area contributed by atoms with Crippen molar-refractivity contribution in [3.8, 4) is 0 Å². The molecule has 1 aromatic carbocycles. The van der Waals surface area contributed by atoms with Crippen LogP contribution in [-0.2, 0) is 4.79 Å². The van der Waals surface area contributed by atoms with E-state index in [0.29, 0.717) is 5.91 Å². The van der Waals surface area contributed by atoms with Crippen LogP contribution in [0.3, 0.4) is 0 Å². The predicted molar refractivity (Wildman–Crippen MR) is 75.8 cm³/mol. The monoisotopic (exact) mass is 245 g/mol. The Kier molecular flexibility index (Phi) is 4.40. The van der Waals surface area contributed by atoms with Crippen LogP contribution in [0.15, 0.2) is 24.3 Å². The molecule has 1 aliphatic rings. The van der Waals surface area contributed by atoms with Crippen LogP contribution < -0.4 is 4.90 Å². The van der Waals surface area contributed by atoms with E-state index in [2.05, 4.69) is 26.0 Å². The van der Waals surface area contributed by atoms with Gasteiger partial charge in [0, 0.05) is 18.2 Å². The zero-order valence-electron chi connectivity index (χ0n) is 11.5. The number of hydrogen-bond donors (Lipinski definition) is 0. The molecule has 1 saturated carbocycles. The zero-order chi connectivity index (χ0) is 13.0. The van der Waals surface area contributed by atoms with Crippen molar-refractivity contribution in [2.75, 3.05) is 11.4 Å². The third-order valence-electron chi connectivity index (χ3n) is 3.85. The molecule has 0 aromatic heterocycles. The summed E-state index contributed by atoms with van der Waals surface area (Å²) in [7, 11) is 0. The first-order valence-corrected chi connectivity index (χ1v) is 7.10. The number of hydrogen-bond acceptors (Lipinski definition) is 1. The number of carbonyl (C=O) groups is 1. The standard InChI is InChI=1S/C16H23NO/c1-3-17(15-11-7-8-13(2)12-15)16(18)14-9-5-4-6-10-14/h7-8,11-12,14H,3-6,9-10H2,1-2H3. The molecule has 2 heteroatoms. The molecule has 2 nitrogen and oxygen atoms in total. The van der Waals surface area contributed by atoms with Crippen LogP contribution in [0.25, 0.3) is 0 Å². The van der Waals surface area contributed by atoms with Crippen molar-refractivity contribution in [2.24, 2.45) is 5.92 Å². The second-order valence-electron chi connectivity index (χ2n) is 5.26. The van der Waals surface area contributed by atoms with Crippen LogP contribution in [-0.4, -0.2) is 12.5 Å². The van der Waals surface area contributed by atoms with Gasteiger partial charge in [-0.1, -0.05) is 31.4 Å². The number of benzene rings is 1. The number of rotatable bonds is 3. The van der Waals surface area contributed by atoms with Gasteiger partial charge in [0.25, 0.3) is 0 Å². The van der Waals surface area contributed by atoms with E-state index in [-0.39, 0.29) is 5.92 Å². The number of amides is 1. The van der Waals surface area contributed by atoms with E-state index in [0.717, 1.165) is 25.1 Å². The van der Waals surface area contributed by atoms with Gasteiger partial charge in [0.15, 0.2) is 0 Å². The van der Waals surface area contributed by atoms with Crippen molar-refractivity contribution in [1.29, 1.82) is 0 Å². The summed E-state index contributed by atoms with van der Waals surface area (Å²) in [5.41, 5.74) is 2.26. The molecule has 1 aliphatic carbocycles. The van der Waals surface area contributed by atoms with Crippen molar-refractivity contribution in [3.05, 3.63) is 29.8 Å². The topological polar surface area (TPSA) is 20.3 Å². The summed E-state index contributed by atoms with van der Waals surface area (Å²) >= 11 is 0. The Balaban J connectivity index is 2.14. The van der Waals surface area contributed by atoms with Gasteiger partial charge in [0.05, 0.1) is 0 Å². The molecular weight excluding hydrogens is 222 g/mol. The number of anilines is 1. The summed E-state index contributed by atoms with van der Waals surface area (Å²) in [6, 6.07) is 8.24. The SMILES string of the molecule is CCN(C(=O)C1CCCCC1)c1cccc(C)c1. The van der Waals surface area contributed by atoms with Crippen LogP contribution in [0.5, 0.6) is 0 Å². The molecular formula is C16H23NO. The molecule has 0 heterocycles. The molecule has 2 rings (SSSR count). The van der Waals surface area contributed by atoms with Crippen LogP contribution in [0, 0.1) is 12.8 Å². The molecule has 1 fully saturated rings. The summed E-state index contributed by atoms with van der Waals surface area (Å²) in [6.07, 6.45) is 5.85. The summed E-state index contributed by atoms with van der Waals surface area (Å²) in [6.45, 7) is 4.89. The predicted octanol–water partition coefficient (Wildman–Crippen LogP) is 3.93. The Morgan fingerprint density at radius 1 is 1.28 bits per heavy atom. The van der Waals surface area contributed by atoms with Gasteiger partial charge in [-0.05, 0) is 44.4 Å². The molecule has 0 unspecified atom stereocenters. The van der Waals surface area contributed by atoms with Gasteiger partial charge in [-0.3, -0.25) is 4.79 Å². The van der Waals surface area contributed by atoms with Gasteiger partial charge in [-0.15, -0.1) is 0 Å². The molecule has 0 saturated heterocycles. The summed E-state index contributed by atoms with van der Waals surface area (Å²) < 4.78 is 0. The minimum atomic E-state index is 0.249. The minimum absolute atomic E-state index is 0.249. The van der Waals surface area contributed by atoms with E-state index in [1.807, 2.05) is 17.0 Å². The van der Waals surface area contributed by atoms with Crippen LogP contribution in [0.4, 0.5) is 5.69 Å². The minimum Gasteiger partial charge on any atom is -0.312 e. The summed E-state index contributed by atoms with van der Waals surface area (Å²) in [4.78, 5) is 14.5. The highest BCUT2D eigenvalue weighted by Crippen LogP contribution is 2.27. The average molecular weight is 245 g/mol. The lowest BCUT2D eigenvalue weighted by Gasteiger charge is -2.28. The fourth-order valence-electron chi connectivity index (χ4n) is 2.83. The number of carbonyl (C=O) groups excluding carboxylic acids is 1. The summed E-state index contributed by atoms with van der Waals surface area (Å²) in [5.74, 6) is 0.571. The smallest absolute Gasteiger partial charge is 0.230 e. The first-order chi connectivity index (χ1) is 8.72. The molecule has 98 valence electrons. The van der Waals surface area contributed by atoms with Crippen LogP contribution in [0.1, 0.15) is 44.6 Å². The van der Waals surface area contributed by atoms with Crippen LogP contribution >= 0.6 is 0 Å². The van der Waals surface area contributed by atoms with Crippen LogP contribution in [0.2, 0.25) is 0 Å². The van der Waals surface area contributed by atoms with E-state index < -0.39 is 0 Å². The maximum absolute atomic E-state index is 12.6. The van der Waals surface area contributed by atoms with E-state index >= 15 is 0 Å². The van der Waals surface area contributed by atoms with Crippen molar-refractivity contribution in [3.63, 3.8) is 0 Å². The first-order valence-electron chi connectivity index (χ1n) is 7.10. The van der Waals surface area contributed by atoms with Gasteiger partial charge in [0.1, 0.15) is 0 Å². The Hall–Kier alpha value is -1.31. The molecule has 0 aliphatic heterocycles. The van der Waals surface area contributed by atoms with E-state index in [4.69, 9.17) is 0 Å². The van der Waals surface area contributed by atoms with Crippen molar-refractivity contribution >= 4 is 11.6 Å². The second kappa shape index (κ2) is 6.03. The third-order valence-corrected chi connectivity index (χ3v) is 3.85. The average Bonchev–Trinajstić information content (AvgIpc) is 2.40. The van der Waals surface area contributed by atoms with E-state index in [1.165, 1.54) is 24.8 Å². The zero-order valence-corrected chi connectivity index (χ0v) is 11.5.